The van der Waals surface area contributed by atoms with Crippen LogP contribution < -0.4 is 10.6 Å². The molecule has 7 nitrogen and oxygen atoms in total. The van der Waals surface area contributed by atoms with E-state index >= 15 is 0 Å². The number of carboxylic acids is 1. The SMILES string of the molecule is NC(CN1C=NS(=O)(=O)c2ccccc21)C(=O)O. The summed E-state index contributed by atoms with van der Waals surface area (Å²) in [6.07, 6.45) is 1.08. The topological polar surface area (TPSA) is 113 Å². The van der Waals surface area contributed by atoms with Crippen molar-refractivity contribution in [1.29, 1.82) is 0 Å². The van der Waals surface area contributed by atoms with Crippen LogP contribution >= 0.6 is 0 Å². The van der Waals surface area contributed by atoms with Gasteiger partial charge in [0.25, 0.3) is 10.0 Å². The van der Waals surface area contributed by atoms with Gasteiger partial charge in [0.2, 0.25) is 0 Å². The molecule has 0 amide bonds. The minimum absolute atomic E-state index is 0.0464. The fourth-order valence-corrected chi connectivity index (χ4v) is 2.64. The van der Waals surface area contributed by atoms with E-state index in [4.69, 9.17) is 10.8 Å². The number of anilines is 1. The molecule has 0 bridgehead atoms. The van der Waals surface area contributed by atoms with Crippen LogP contribution in [0.15, 0.2) is 33.6 Å². The normalized spacial score (nSPS) is 18.2. The summed E-state index contributed by atoms with van der Waals surface area (Å²) in [5, 5.41) is 8.75. The van der Waals surface area contributed by atoms with Crippen molar-refractivity contribution in [3.63, 3.8) is 0 Å². The lowest BCUT2D eigenvalue weighted by atomic mass is 10.2. The van der Waals surface area contributed by atoms with E-state index in [0.29, 0.717) is 5.69 Å². The Morgan fingerprint density at radius 2 is 2.11 bits per heavy atom. The Balaban J connectivity index is 2.39. The highest BCUT2D eigenvalue weighted by molar-refractivity contribution is 7.90. The Morgan fingerprint density at radius 3 is 2.78 bits per heavy atom. The standard InChI is InChI=1S/C10H11N3O4S/c11-7(10(14)15)5-13-6-12-18(16,17)9-4-2-1-3-8(9)13/h1-4,6-7H,5,11H2,(H,14,15). The summed E-state index contributed by atoms with van der Waals surface area (Å²) in [4.78, 5) is 12.2. The van der Waals surface area contributed by atoms with Crippen molar-refractivity contribution < 1.29 is 18.3 Å². The molecule has 0 saturated heterocycles. The summed E-state index contributed by atoms with van der Waals surface area (Å²) in [7, 11) is -3.69. The molecule has 1 unspecified atom stereocenters. The van der Waals surface area contributed by atoms with E-state index in [1.807, 2.05) is 0 Å². The molecular weight excluding hydrogens is 258 g/mol. The molecule has 0 spiro atoms. The van der Waals surface area contributed by atoms with Crippen molar-refractivity contribution >= 4 is 28.0 Å². The Labute approximate surface area is 104 Å². The zero-order valence-electron chi connectivity index (χ0n) is 9.22. The van der Waals surface area contributed by atoms with Crippen molar-refractivity contribution in [3.05, 3.63) is 24.3 Å². The van der Waals surface area contributed by atoms with E-state index in [9.17, 15) is 13.2 Å². The summed E-state index contributed by atoms with van der Waals surface area (Å²) < 4.78 is 26.8. The van der Waals surface area contributed by atoms with Crippen LogP contribution in [0.25, 0.3) is 0 Å². The number of nitrogens with zero attached hydrogens (tertiary/aromatic N) is 2. The molecule has 0 aromatic heterocycles. The second kappa shape index (κ2) is 4.39. The van der Waals surface area contributed by atoms with Crippen LogP contribution in [0.5, 0.6) is 0 Å². The molecule has 2 rings (SSSR count). The lowest BCUT2D eigenvalue weighted by Gasteiger charge is -2.26. The van der Waals surface area contributed by atoms with Gasteiger partial charge in [-0.15, -0.1) is 4.40 Å². The van der Waals surface area contributed by atoms with E-state index in [1.54, 1.807) is 18.2 Å². The van der Waals surface area contributed by atoms with Crippen LogP contribution in [0.1, 0.15) is 0 Å². The molecule has 0 radical (unpaired) electrons. The van der Waals surface area contributed by atoms with Crippen molar-refractivity contribution in [2.24, 2.45) is 10.1 Å². The number of hydrogen-bond acceptors (Lipinski definition) is 5. The Bertz CT molecular complexity index is 611. The van der Waals surface area contributed by atoms with Crippen molar-refractivity contribution in [2.45, 2.75) is 10.9 Å². The molecule has 1 heterocycles. The summed E-state index contributed by atoms with van der Waals surface area (Å²) in [5.74, 6) is -1.16. The molecule has 0 fully saturated rings. The van der Waals surface area contributed by atoms with Gasteiger partial charge < -0.3 is 15.7 Å². The highest BCUT2D eigenvalue weighted by Crippen LogP contribution is 2.28. The van der Waals surface area contributed by atoms with Gasteiger partial charge >= 0.3 is 5.97 Å². The predicted octanol–water partition coefficient (Wildman–Crippen LogP) is -0.365. The largest absolute Gasteiger partial charge is 0.480 e. The number of para-hydroxylation sites is 1. The minimum atomic E-state index is -3.69. The highest BCUT2D eigenvalue weighted by Gasteiger charge is 2.26. The van der Waals surface area contributed by atoms with Gasteiger partial charge in [0.05, 0.1) is 12.2 Å². The second-order valence-electron chi connectivity index (χ2n) is 3.76. The Morgan fingerprint density at radius 1 is 1.44 bits per heavy atom. The van der Waals surface area contributed by atoms with Crippen molar-refractivity contribution in [2.75, 3.05) is 11.4 Å². The maximum atomic E-state index is 11.7. The van der Waals surface area contributed by atoms with E-state index in [2.05, 4.69) is 4.40 Å². The van der Waals surface area contributed by atoms with Gasteiger partial charge in [0.15, 0.2) is 0 Å². The zero-order chi connectivity index (χ0) is 13.3. The lowest BCUT2D eigenvalue weighted by molar-refractivity contribution is -0.138. The maximum Gasteiger partial charge on any atom is 0.322 e. The van der Waals surface area contributed by atoms with E-state index in [-0.39, 0.29) is 11.4 Å². The van der Waals surface area contributed by atoms with Gasteiger partial charge in [-0.05, 0) is 12.1 Å². The van der Waals surface area contributed by atoms with Gasteiger partial charge in [-0.25, -0.2) is 0 Å². The smallest absolute Gasteiger partial charge is 0.322 e. The summed E-state index contributed by atoms with van der Waals surface area (Å²) in [6.45, 7) is -0.0502. The molecule has 1 aromatic carbocycles. The fourth-order valence-electron chi connectivity index (χ4n) is 1.59. The number of sulfonamides is 1. The first-order valence-electron chi connectivity index (χ1n) is 5.06. The molecule has 18 heavy (non-hydrogen) atoms. The van der Waals surface area contributed by atoms with Gasteiger partial charge in [-0.2, -0.15) is 8.42 Å². The molecular formula is C10H11N3O4S. The number of benzene rings is 1. The number of rotatable bonds is 3. The quantitative estimate of drug-likeness (QED) is 0.774. The Hall–Kier alpha value is -1.93. The van der Waals surface area contributed by atoms with Crippen molar-refractivity contribution in [1.82, 2.24) is 0 Å². The third kappa shape index (κ3) is 2.20. The number of hydrogen-bond donors (Lipinski definition) is 2. The number of nitrogens with two attached hydrogens (primary N) is 1. The first-order chi connectivity index (χ1) is 8.42. The van der Waals surface area contributed by atoms with Crippen LogP contribution in [0, 0.1) is 0 Å². The Kier molecular flexibility index (Phi) is 3.05. The molecule has 1 aliphatic heterocycles. The van der Waals surface area contributed by atoms with E-state index in [1.165, 1.54) is 11.0 Å². The average Bonchev–Trinajstić information content (AvgIpc) is 2.33. The van der Waals surface area contributed by atoms with Crippen LogP contribution in [-0.2, 0) is 14.8 Å². The maximum absolute atomic E-state index is 11.7. The zero-order valence-corrected chi connectivity index (χ0v) is 10.0. The van der Waals surface area contributed by atoms with E-state index in [0.717, 1.165) is 6.34 Å². The first-order valence-corrected chi connectivity index (χ1v) is 6.50. The second-order valence-corrected chi connectivity index (χ2v) is 5.36. The number of carbonyl (C=O) groups is 1. The summed E-state index contributed by atoms with van der Waals surface area (Å²) in [5.41, 5.74) is 5.80. The third-order valence-electron chi connectivity index (χ3n) is 2.49. The van der Waals surface area contributed by atoms with Gasteiger partial charge in [0, 0.05) is 0 Å². The van der Waals surface area contributed by atoms with Gasteiger partial charge in [-0.3, -0.25) is 4.79 Å². The molecule has 8 heteroatoms. The van der Waals surface area contributed by atoms with Crippen LogP contribution in [0.3, 0.4) is 0 Å². The minimum Gasteiger partial charge on any atom is -0.480 e. The third-order valence-corrected chi connectivity index (χ3v) is 3.76. The lowest BCUT2D eigenvalue weighted by Crippen LogP contribution is -2.43. The number of aliphatic carboxylic acids is 1. The van der Waals surface area contributed by atoms with E-state index < -0.39 is 22.0 Å². The summed E-state index contributed by atoms with van der Waals surface area (Å²) >= 11 is 0. The molecule has 1 aromatic rings. The van der Waals surface area contributed by atoms with Crippen LogP contribution in [-0.4, -0.2) is 38.4 Å². The molecule has 96 valence electrons. The fraction of sp³-hybridized carbons (Fsp3) is 0.200. The molecule has 1 aliphatic rings. The van der Waals surface area contributed by atoms with Crippen molar-refractivity contribution in [3.8, 4) is 0 Å². The van der Waals surface area contributed by atoms with Crippen LogP contribution in [0.2, 0.25) is 0 Å². The number of carboxylic acid groups (broad SMARTS) is 1. The van der Waals surface area contributed by atoms with Crippen LogP contribution in [0.4, 0.5) is 5.69 Å². The molecule has 0 saturated carbocycles. The molecule has 1 atom stereocenters. The van der Waals surface area contributed by atoms with Gasteiger partial charge in [0.1, 0.15) is 17.3 Å². The first kappa shape index (κ1) is 12.5. The number of fused-ring (bicyclic) bond motifs is 1. The highest BCUT2D eigenvalue weighted by atomic mass is 32.2. The summed E-state index contributed by atoms with van der Waals surface area (Å²) in [6, 6.07) is 5.11. The molecule has 0 aliphatic carbocycles. The predicted molar refractivity (Wildman–Crippen MR) is 65.1 cm³/mol. The molecule has 3 N–H and O–H groups in total. The van der Waals surface area contributed by atoms with Gasteiger partial charge in [-0.1, -0.05) is 12.1 Å². The average molecular weight is 269 g/mol. The monoisotopic (exact) mass is 269 g/mol.